The van der Waals surface area contributed by atoms with Crippen LogP contribution in [-0.4, -0.2) is 19.7 Å². The number of rotatable bonds is 12. The maximum atomic E-state index is 11.9. The lowest BCUT2D eigenvalue weighted by molar-refractivity contribution is -0.128. The second kappa shape index (κ2) is 12.6. The Kier molecular flexibility index (Phi) is 9.70. The first-order chi connectivity index (χ1) is 13.7. The van der Waals surface area contributed by atoms with Gasteiger partial charge in [0.1, 0.15) is 17.2 Å². The number of esters is 1. The monoisotopic (exact) mass is 382 g/mol. The Hall–Kier alpha value is -2.75. The van der Waals surface area contributed by atoms with Gasteiger partial charge in [0.2, 0.25) is 0 Å². The summed E-state index contributed by atoms with van der Waals surface area (Å²) in [5, 5.41) is 0. The van der Waals surface area contributed by atoms with E-state index in [9.17, 15) is 4.79 Å². The summed E-state index contributed by atoms with van der Waals surface area (Å²) in [5.74, 6) is 1.65. The van der Waals surface area contributed by atoms with Gasteiger partial charge in [-0.2, -0.15) is 0 Å². The van der Waals surface area contributed by atoms with Crippen molar-refractivity contribution in [1.82, 2.24) is 0 Å². The molecule has 0 aliphatic heterocycles. The van der Waals surface area contributed by atoms with Crippen LogP contribution < -0.4 is 14.2 Å². The van der Waals surface area contributed by atoms with E-state index in [2.05, 4.69) is 6.92 Å². The molecule has 4 nitrogen and oxygen atoms in total. The van der Waals surface area contributed by atoms with Gasteiger partial charge in [-0.15, -0.1) is 0 Å². The van der Waals surface area contributed by atoms with Crippen molar-refractivity contribution < 1.29 is 19.0 Å². The SMILES string of the molecule is CCCCCCCCOc1ccc(OC(=O)/C=C\c2ccc(OC)cc2)cc1. The summed E-state index contributed by atoms with van der Waals surface area (Å²) in [6.45, 7) is 2.94. The average Bonchev–Trinajstić information content (AvgIpc) is 2.73. The van der Waals surface area contributed by atoms with Crippen LogP contribution in [0.25, 0.3) is 6.08 Å². The minimum atomic E-state index is -0.420. The van der Waals surface area contributed by atoms with Gasteiger partial charge in [0.05, 0.1) is 13.7 Å². The highest BCUT2D eigenvalue weighted by Gasteiger charge is 2.02. The highest BCUT2D eigenvalue weighted by molar-refractivity contribution is 5.88. The molecule has 0 saturated heterocycles. The number of carbonyl (C=O) groups is 1. The molecule has 0 amide bonds. The molecule has 0 aliphatic rings. The topological polar surface area (TPSA) is 44.8 Å². The van der Waals surface area contributed by atoms with E-state index in [-0.39, 0.29) is 0 Å². The van der Waals surface area contributed by atoms with Gasteiger partial charge in [-0.25, -0.2) is 4.79 Å². The van der Waals surface area contributed by atoms with Crippen molar-refractivity contribution in [2.24, 2.45) is 0 Å². The molecule has 0 radical (unpaired) electrons. The fourth-order valence-corrected chi connectivity index (χ4v) is 2.71. The first-order valence-corrected chi connectivity index (χ1v) is 9.98. The smallest absolute Gasteiger partial charge is 0.336 e. The highest BCUT2D eigenvalue weighted by Crippen LogP contribution is 2.19. The predicted molar refractivity (Wildman–Crippen MR) is 113 cm³/mol. The first kappa shape index (κ1) is 21.5. The molecule has 2 rings (SSSR count). The van der Waals surface area contributed by atoms with Gasteiger partial charge >= 0.3 is 5.97 Å². The number of carbonyl (C=O) groups excluding carboxylic acids is 1. The van der Waals surface area contributed by atoms with Crippen molar-refractivity contribution in [3.8, 4) is 17.2 Å². The van der Waals surface area contributed by atoms with Crippen molar-refractivity contribution in [2.45, 2.75) is 45.4 Å². The second-order valence-corrected chi connectivity index (χ2v) is 6.62. The molecule has 2 aromatic carbocycles. The van der Waals surface area contributed by atoms with E-state index in [1.165, 1.54) is 38.2 Å². The summed E-state index contributed by atoms with van der Waals surface area (Å²) in [5.41, 5.74) is 0.899. The molecule has 0 unspecified atom stereocenters. The zero-order valence-corrected chi connectivity index (χ0v) is 16.9. The molecule has 0 bridgehead atoms. The Bertz CT molecular complexity index is 717. The molecule has 0 aromatic heterocycles. The fraction of sp³-hybridized carbons (Fsp3) is 0.375. The Morgan fingerprint density at radius 2 is 1.43 bits per heavy atom. The lowest BCUT2D eigenvalue weighted by Crippen LogP contribution is -2.03. The lowest BCUT2D eigenvalue weighted by Gasteiger charge is -2.07. The largest absolute Gasteiger partial charge is 0.497 e. The van der Waals surface area contributed by atoms with Crippen molar-refractivity contribution >= 4 is 12.0 Å². The zero-order chi connectivity index (χ0) is 20.0. The molecule has 0 N–H and O–H groups in total. The predicted octanol–water partition coefficient (Wildman–Crippen LogP) is 6.05. The van der Waals surface area contributed by atoms with Gasteiger partial charge in [0.25, 0.3) is 0 Å². The molecule has 0 saturated carbocycles. The Labute approximate surface area is 168 Å². The van der Waals surface area contributed by atoms with Crippen molar-refractivity contribution in [3.63, 3.8) is 0 Å². The summed E-state index contributed by atoms with van der Waals surface area (Å²) in [7, 11) is 1.62. The average molecular weight is 383 g/mol. The third kappa shape index (κ3) is 8.30. The molecular formula is C24H30O4. The van der Waals surface area contributed by atoms with Gasteiger partial charge in [0, 0.05) is 6.08 Å². The normalized spacial score (nSPS) is 10.8. The Morgan fingerprint density at radius 1 is 0.821 bits per heavy atom. The van der Waals surface area contributed by atoms with E-state index in [0.717, 1.165) is 30.1 Å². The molecule has 0 atom stereocenters. The number of benzene rings is 2. The van der Waals surface area contributed by atoms with Crippen LogP contribution in [0.4, 0.5) is 0 Å². The van der Waals surface area contributed by atoms with Gasteiger partial charge in [-0.05, 0) is 54.5 Å². The summed E-state index contributed by atoms with van der Waals surface area (Å²) >= 11 is 0. The van der Waals surface area contributed by atoms with Crippen LogP contribution in [-0.2, 0) is 4.79 Å². The molecule has 0 heterocycles. The van der Waals surface area contributed by atoms with Crippen molar-refractivity contribution in [2.75, 3.05) is 13.7 Å². The minimum Gasteiger partial charge on any atom is -0.497 e. The van der Waals surface area contributed by atoms with Crippen molar-refractivity contribution in [1.29, 1.82) is 0 Å². The number of ether oxygens (including phenoxy) is 3. The van der Waals surface area contributed by atoms with Crippen LogP contribution in [0.3, 0.4) is 0 Å². The van der Waals surface area contributed by atoms with Crippen LogP contribution in [0.5, 0.6) is 17.2 Å². The van der Waals surface area contributed by atoms with Gasteiger partial charge in [-0.3, -0.25) is 0 Å². The molecule has 0 fully saturated rings. The minimum absolute atomic E-state index is 0.420. The summed E-state index contributed by atoms with van der Waals surface area (Å²) in [4.78, 5) is 11.9. The highest BCUT2D eigenvalue weighted by atomic mass is 16.5. The summed E-state index contributed by atoms with van der Waals surface area (Å²) < 4.78 is 16.2. The maximum Gasteiger partial charge on any atom is 0.336 e. The maximum absolute atomic E-state index is 11.9. The number of hydrogen-bond donors (Lipinski definition) is 0. The summed E-state index contributed by atoms with van der Waals surface area (Å²) in [6.07, 6.45) is 10.6. The molecule has 4 heteroatoms. The van der Waals surface area contributed by atoms with Gasteiger partial charge < -0.3 is 14.2 Å². The number of hydrogen-bond acceptors (Lipinski definition) is 4. The first-order valence-electron chi connectivity index (χ1n) is 9.98. The molecular weight excluding hydrogens is 352 g/mol. The van der Waals surface area contributed by atoms with Gasteiger partial charge in [-0.1, -0.05) is 51.2 Å². The van der Waals surface area contributed by atoms with Gasteiger partial charge in [0.15, 0.2) is 0 Å². The Balaban J connectivity index is 1.70. The van der Waals surface area contributed by atoms with Crippen LogP contribution in [0.2, 0.25) is 0 Å². The second-order valence-electron chi connectivity index (χ2n) is 6.62. The fourth-order valence-electron chi connectivity index (χ4n) is 2.71. The van der Waals surface area contributed by atoms with E-state index < -0.39 is 5.97 Å². The van der Waals surface area contributed by atoms with Crippen LogP contribution in [0.1, 0.15) is 51.0 Å². The van der Waals surface area contributed by atoms with Crippen LogP contribution in [0.15, 0.2) is 54.6 Å². The summed E-state index contributed by atoms with van der Waals surface area (Å²) in [6, 6.07) is 14.6. The number of unbranched alkanes of at least 4 members (excludes halogenated alkanes) is 5. The van der Waals surface area contributed by atoms with E-state index >= 15 is 0 Å². The third-order valence-electron chi connectivity index (χ3n) is 4.34. The quantitative estimate of drug-likeness (QED) is 0.194. The molecule has 28 heavy (non-hydrogen) atoms. The van der Waals surface area contributed by atoms with Crippen LogP contribution in [0, 0.1) is 0 Å². The molecule has 0 aliphatic carbocycles. The van der Waals surface area contributed by atoms with Crippen LogP contribution >= 0.6 is 0 Å². The van der Waals surface area contributed by atoms with E-state index in [0.29, 0.717) is 5.75 Å². The molecule has 0 spiro atoms. The standard InChI is InChI=1S/C24H30O4/c1-3-4-5-6-7-8-19-27-22-14-16-23(17-15-22)28-24(25)18-11-20-9-12-21(26-2)13-10-20/h9-18H,3-8,19H2,1-2H3/b18-11-. The third-order valence-corrected chi connectivity index (χ3v) is 4.34. The van der Waals surface area contributed by atoms with Crippen molar-refractivity contribution in [3.05, 3.63) is 60.2 Å². The Morgan fingerprint density at radius 3 is 2.11 bits per heavy atom. The van der Waals surface area contributed by atoms with E-state index in [4.69, 9.17) is 14.2 Å². The zero-order valence-electron chi connectivity index (χ0n) is 16.9. The van der Waals surface area contributed by atoms with E-state index in [1.54, 1.807) is 25.3 Å². The van der Waals surface area contributed by atoms with E-state index in [1.807, 2.05) is 36.4 Å². The lowest BCUT2D eigenvalue weighted by atomic mass is 10.1. The molecule has 150 valence electrons. The molecule has 2 aromatic rings. The number of methoxy groups -OCH3 is 1.